The van der Waals surface area contributed by atoms with Crippen molar-refractivity contribution < 1.29 is 8.78 Å². The standard InChI is InChI=1S/C14H11BrClF2N/c1-19-14(8-4-9(15)6-11(18)5-8)12-7-10(17)2-3-13(12)16/h2-7,14,19H,1H3. The largest absolute Gasteiger partial charge is 0.309 e. The summed E-state index contributed by atoms with van der Waals surface area (Å²) in [4.78, 5) is 0. The van der Waals surface area contributed by atoms with Crippen molar-refractivity contribution in [3.05, 3.63) is 68.7 Å². The Balaban J connectivity index is 2.52. The predicted octanol–water partition coefficient (Wildman–Crippen LogP) is 4.69. The van der Waals surface area contributed by atoms with Crippen LogP contribution >= 0.6 is 27.5 Å². The number of hydrogen-bond donors (Lipinski definition) is 1. The molecule has 0 radical (unpaired) electrons. The lowest BCUT2D eigenvalue weighted by Crippen LogP contribution is -2.18. The highest BCUT2D eigenvalue weighted by molar-refractivity contribution is 9.10. The maximum absolute atomic E-state index is 13.5. The molecular weight excluding hydrogens is 336 g/mol. The molecule has 2 aromatic carbocycles. The third-order valence-corrected chi connectivity index (χ3v) is 3.58. The summed E-state index contributed by atoms with van der Waals surface area (Å²) in [7, 11) is 1.71. The molecule has 0 saturated carbocycles. The molecule has 19 heavy (non-hydrogen) atoms. The first kappa shape index (κ1) is 14.4. The van der Waals surface area contributed by atoms with E-state index >= 15 is 0 Å². The average molecular weight is 347 g/mol. The van der Waals surface area contributed by atoms with Gasteiger partial charge in [0.25, 0.3) is 0 Å². The van der Waals surface area contributed by atoms with E-state index in [1.165, 1.54) is 30.3 Å². The Morgan fingerprint density at radius 1 is 1.11 bits per heavy atom. The van der Waals surface area contributed by atoms with Gasteiger partial charge in [-0.1, -0.05) is 27.5 Å². The minimum absolute atomic E-state index is 0.364. The molecule has 0 aliphatic carbocycles. The normalized spacial score (nSPS) is 12.5. The molecule has 2 aromatic rings. The lowest BCUT2D eigenvalue weighted by atomic mass is 9.98. The molecule has 0 amide bonds. The van der Waals surface area contributed by atoms with Crippen molar-refractivity contribution >= 4 is 27.5 Å². The average Bonchev–Trinajstić information content (AvgIpc) is 2.33. The van der Waals surface area contributed by atoms with E-state index in [1.54, 1.807) is 13.1 Å². The van der Waals surface area contributed by atoms with Gasteiger partial charge < -0.3 is 5.32 Å². The van der Waals surface area contributed by atoms with Crippen molar-refractivity contribution in [2.75, 3.05) is 7.05 Å². The van der Waals surface area contributed by atoms with E-state index in [2.05, 4.69) is 21.2 Å². The lowest BCUT2D eigenvalue weighted by Gasteiger charge is -2.19. The Morgan fingerprint density at radius 2 is 1.84 bits per heavy atom. The fourth-order valence-electron chi connectivity index (χ4n) is 1.98. The van der Waals surface area contributed by atoms with Gasteiger partial charge >= 0.3 is 0 Å². The van der Waals surface area contributed by atoms with E-state index in [4.69, 9.17) is 11.6 Å². The second kappa shape index (κ2) is 5.99. The monoisotopic (exact) mass is 345 g/mol. The van der Waals surface area contributed by atoms with Crippen molar-refractivity contribution in [1.29, 1.82) is 0 Å². The van der Waals surface area contributed by atoms with E-state index < -0.39 is 0 Å². The molecule has 0 heterocycles. The van der Waals surface area contributed by atoms with Crippen LogP contribution in [0.25, 0.3) is 0 Å². The van der Waals surface area contributed by atoms with Gasteiger partial charge in [-0.05, 0) is 54.6 Å². The molecule has 5 heteroatoms. The van der Waals surface area contributed by atoms with Crippen molar-refractivity contribution in [2.45, 2.75) is 6.04 Å². The Hall–Kier alpha value is -0.970. The lowest BCUT2D eigenvalue weighted by molar-refractivity contribution is 0.608. The summed E-state index contributed by atoms with van der Waals surface area (Å²) in [5, 5.41) is 3.45. The summed E-state index contributed by atoms with van der Waals surface area (Å²) in [5.74, 6) is -0.743. The zero-order chi connectivity index (χ0) is 14.0. The van der Waals surface area contributed by atoms with Crippen LogP contribution in [-0.2, 0) is 0 Å². The molecule has 1 nitrogen and oxygen atoms in total. The van der Waals surface area contributed by atoms with Crippen LogP contribution in [0.1, 0.15) is 17.2 Å². The van der Waals surface area contributed by atoms with Gasteiger partial charge in [0.05, 0.1) is 6.04 Å². The second-order valence-corrected chi connectivity index (χ2v) is 5.41. The first-order valence-electron chi connectivity index (χ1n) is 5.59. The second-order valence-electron chi connectivity index (χ2n) is 4.09. The fraction of sp³-hybridized carbons (Fsp3) is 0.143. The maximum Gasteiger partial charge on any atom is 0.124 e. The highest BCUT2D eigenvalue weighted by Crippen LogP contribution is 2.30. The van der Waals surface area contributed by atoms with Crippen molar-refractivity contribution in [2.24, 2.45) is 0 Å². The molecule has 0 aliphatic heterocycles. The number of nitrogens with one attached hydrogen (secondary N) is 1. The molecule has 2 rings (SSSR count). The van der Waals surface area contributed by atoms with Gasteiger partial charge in [-0.25, -0.2) is 8.78 Å². The number of hydrogen-bond acceptors (Lipinski definition) is 1. The van der Waals surface area contributed by atoms with Crippen molar-refractivity contribution in [1.82, 2.24) is 5.32 Å². The summed E-state index contributed by atoms with van der Waals surface area (Å²) in [6.07, 6.45) is 0. The first-order valence-corrected chi connectivity index (χ1v) is 6.76. The summed E-state index contributed by atoms with van der Waals surface area (Å²) in [5.41, 5.74) is 1.24. The predicted molar refractivity (Wildman–Crippen MR) is 76.4 cm³/mol. The molecule has 1 atom stereocenters. The van der Waals surface area contributed by atoms with Crippen LogP contribution in [0.2, 0.25) is 5.02 Å². The van der Waals surface area contributed by atoms with Crippen LogP contribution in [0.4, 0.5) is 8.78 Å². The van der Waals surface area contributed by atoms with Crippen molar-refractivity contribution in [3.8, 4) is 0 Å². The fourth-order valence-corrected chi connectivity index (χ4v) is 2.69. The molecule has 1 N–H and O–H groups in total. The van der Waals surface area contributed by atoms with Gasteiger partial charge in [-0.15, -0.1) is 0 Å². The van der Waals surface area contributed by atoms with Crippen LogP contribution in [0, 0.1) is 11.6 Å². The van der Waals surface area contributed by atoms with Gasteiger partial charge in [0.15, 0.2) is 0 Å². The summed E-state index contributed by atoms with van der Waals surface area (Å²) >= 11 is 9.33. The molecule has 100 valence electrons. The van der Waals surface area contributed by atoms with Gasteiger partial charge in [0, 0.05) is 9.50 Å². The number of benzene rings is 2. The molecule has 0 spiro atoms. The smallest absolute Gasteiger partial charge is 0.124 e. The minimum Gasteiger partial charge on any atom is -0.309 e. The third kappa shape index (κ3) is 3.32. The zero-order valence-corrected chi connectivity index (χ0v) is 12.4. The van der Waals surface area contributed by atoms with Crippen LogP contribution in [-0.4, -0.2) is 7.05 Å². The van der Waals surface area contributed by atoms with Crippen LogP contribution in [0.15, 0.2) is 40.9 Å². The Labute approximate surface area is 123 Å². The van der Waals surface area contributed by atoms with E-state index in [0.717, 1.165) is 0 Å². The molecule has 0 aromatic heterocycles. The van der Waals surface area contributed by atoms with Gasteiger partial charge in [-0.2, -0.15) is 0 Å². The van der Waals surface area contributed by atoms with Crippen molar-refractivity contribution in [3.63, 3.8) is 0 Å². The SMILES string of the molecule is CNC(c1cc(F)cc(Br)c1)c1cc(F)ccc1Cl. The van der Waals surface area contributed by atoms with Gasteiger partial charge in [-0.3, -0.25) is 0 Å². The quantitative estimate of drug-likeness (QED) is 0.850. The zero-order valence-electron chi connectivity index (χ0n) is 10.1. The van der Waals surface area contributed by atoms with Crippen LogP contribution in [0.5, 0.6) is 0 Å². The minimum atomic E-state index is -0.380. The molecule has 1 unspecified atom stereocenters. The third-order valence-electron chi connectivity index (χ3n) is 2.78. The van der Waals surface area contributed by atoms with E-state index in [-0.39, 0.29) is 17.7 Å². The topological polar surface area (TPSA) is 12.0 Å². The Kier molecular flexibility index (Phi) is 4.55. The molecule has 0 saturated heterocycles. The van der Waals surface area contributed by atoms with E-state index in [0.29, 0.717) is 20.6 Å². The van der Waals surface area contributed by atoms with Gasteiger partial charge in [0.2, 0.25) is 0 Å². The molecule has 0 aliphatic rings. The van der Waals surface area contributed by atoms with Gasteiger partial charge in [0.1, 0.15) is 11.6 Å². The summed E-state index contributed by atoms with van der Waals surface area (Å²) < 4.78 is 27.4. The first-order chi connectivity index (χ1) is 9.01. The maximum atomic E-state index is 13.5. The van der Waals surface area contributed by atoms with Crippen LogP contribution in [0.3, 0.4) is 0 Å². The number of halogens is 4. The molecular formula is C14H11BrClF2N. The highest BCUT2D eigenvalue weighted by Gasteiger charge is 2.17. The number of rotatable bonds is 3. The Morgan fingerprint density at radius 3 is 2.47 bits per heavy atom. The van der Waals surface area contributed by atoms with E-state index in [9.17, 15) is 8.78 Å². The molecule has 0 bridgehead atoms. The van der Waals surface area contributed by atoms with Crippen LogP contribution < -0.4 is 5.32 Å². The molecule has 0 fully saturated rings. The van der Waals surface area contributed by atoms with E-state index in [1.807, 2.05) is 0 Å². The summed E-state index contributed by atoms with van der Waals surface area (Å²) in [6.45, 7) is 0. The summed E-state index contributed by atoms with van der Waals surface area (Å²) in [6, 6.07) is 8.28. The highest BCUT2D eigenvalue weighted by atomic mass is 79.9. The Bertz CT molecular complexity index is 584.